The van der Waals surface area contributed by atoms with Crippen molar-refractivity contribution in [3.8, 4) is 11.5 Å². The third kappa shape index (κ3) is 5.08. The highest BCUT2D eigenvalue weighted by atomic mass is 19.4. The quantitative estimate of drug-likeness (QED) is 0.473. The van der Waals surface area contributed by atoms with Gasteiger partial charge < -0.3 is 14.2 Å². The number of para-hydroxylation sites is 1. The molecule has 0 spiro atoms. The summed E-state index contributed by atoms with van der Waals surface area (Å²) in [5.74, 6) is -1.13. The highest BCUT2D eigenvalue weighted by Crippen LogP contribution is 2.34. The lowest BCUT2D eigenvalue weighted by molar-refractivity contribution is -0.145. The van der Waals surface area contributed by atoms with Crippen molar-refractivity contribution in [1.82, 2.24) is 0 Å². The number of hydrogen-bond donors (Lipinski definition) is 0. The van der Waals surface area contributed by atoms with E-state index in [-0.39, 0.29) is 36.0 Å². The molecule has 0 saturated heterocycles. The summed E-state index contributed by atoms with van der Waals surface area (Å²) in [5.41, 5.74) is -1.44. The highest BCUT2D eigenvalue weighted by Gasteiger charge is 2.46. The van der Waals surface area contributed by atoms with Gasteiger partial charge in [-0.2, -0.15) is 23.3 Å². The molecule has 0 saturated carbocycles. The second-order valence-corrected chi connectivity index (χ2v) is 6.46. The van der Waals surface area contributed by atoms with E-state index in [0.29, 0.717) is 5.01 Å². The van der Waals surface area contributed by atoms with E-state index in [1.54, 1.807) is 25.1 Å². The molecule has 0 fully saturated rings. The molecule has 0 N–H and O–H groups in total. The number of hydrogen-bond acceptors (Lipinski definition) is 6. The predicted octanol–water partition coefficient (Wildman–Crippen LogP) is 3.99. The fourth-order valence-corrected chi connectivity index (χ4v) is 2.90. The standard InChI is InChI=1S/C22H19F3N2O5/c1-3-31-19(28)13-32-17-10-9-14(12-18(17)30-2)11-16-20(22(23,24)25)26-27(21(16)29)15-7-5-4-6-8-15/h4-12H,3,13H2,1-2H3/b16-11-. The van der Waals surface area contributed by atoms with Crippen LogP contribution in [0.15, 0.2) is 59.2 Å². The number of halogens is 3. The molecule has 1 amide bonds. The summed E-state index contributed by atoms with van der Waals surface area (Å²) in [4.78, 5) is 24.2. The molecule has 168 valence electrons. The normalized spacial score (nSPS) is 15.0. The molecule has 3 rings (SSSR count). The Morgan fingerprint density at radius 2 is 1.84 bits per heavy atom. The van der Waals surface area contributed by atoms with Crippen molar-refractivity contribution in [3.05, 3.63) is 59.7 Å². The van der Waals surface area contributed by atoms with Crippen LogP contribution in [0.3, 0.4) is 0 Å². The van der Waals surface area contributed by atoms with Crippen LogP contribution in [0.1, 0.15) is 12.5 Å². The Morgan fingerprint density at radius 1 is 1.12 bits per heavy atom. The number of carbonyl (C=O) groups is 2. The van der Waals surface area contributed by atoms with Gasteiger partial charge in [-0.1, -0.05) is 24.3 Å². The molecule has 1 heterocycles. The summed E-state index contributed by atoms with van der Waals surface area (Å²) < 4.78 is 56.1. The first kappa shape index (κ1) is 22.9. The number of benzene rings is 2. The first-order chi connectivity index (χ1) is 15.2. The highest BCUT2D eigenvalue weighted by molar-refractivity contribution is 6.34. The molecule has 0 bridgehead atoms. The average molecular weight is 448 g/mol. The molecule has 10 heteroatoms. The van der Waals surface area contributed by atoms with Crippen LogP contribution in [-0.2, 0) is 14.3 Å². The van der Waals surface area contributed by atoms with Gasteiger partial charge in [-0.05, 0) is 42.8 Å². The van der Waals surface area contributed by atoms with Gasteiger partial charge in [0.1, 0.15) is 0 Å². The minimum Gasteiger partial charge on any atom is -0.493 e. The summed E-state index contributed by atoms with van der Waals surface area (Å²) in [7, 11) is 1.34. The number of nitrogens with zero attached hydrogens (tertiary/aromatic N) is 2. The molecule has 7 nitrogen and oxygen atoms in total. The lowest BCUT2D eigenvalue weighted by atomic mass is 10.1. The van der Waals surface area contributed by atoms with Crippen LogP contribution in [0.2, 0.25) is 0 Å². The van der Waals surface area contributed by atoms with E-state index in [9.17, 15) is 22.8 Å². The predicted molar refractivity (Wildman–Crippen MR) is 111 cm³/mol. The van der Waals surface area contributed by atoms with E-state index < -0.39 is 29.3 Å². The minimum atomic E-state index is -4.84. The Labute approximate surface area is 181 Å². The van der Waals surface area contributed by atoms with Gasteiger partial charge in [-0.25, -0.2) is 4.79 Å². The number of hydrazone groups is 1. The Hall–Kier alpha value is -3.82. The van der Waals surface area contributed by atoms with E-state index in [2.05, 4.69) is 5.10 Å². The zero-order valence-corrected chi connectivity index (χ0v) is 17.2. The van der Waals surface area contributed by atoms with Gasteiger partial charge in [-0.3, -0.25) is 4.79 Å². The number of alkyl halides is 3. The number of methoxy groups -OCH3 is 1. The Morgan fingerprint density at radius 3 is 2.47 bits per heavy atom. The maximum atomic E-state index is 13.6. The molecule has 0 unspecified atom stereocenters. The Bertz CT molecular complexity index is 1060. The number of rotatable bonds is 7. The van der Waals surface area contributed by atoms with Gasteiger partial charge >= 0.3 is 12.1 Å². The second-order valence-electron chi connectivity index (χ2n) is 6.46. The molecule has 0 atom stereocenters. The van der Waals surface area contributed by atoms with Crippen molar-refractivity contribution >= 4 is 29.4 Å². The van der Waals surface area contributed by atoms with E-state index in [0.717, 1.165) is 6.08 Å². The zero-order valence-electron chi connectivity index (χ0n) is 17.2. The van der Waals surface area contributed by atoms with Crippen molar-refractivity contribution in [2.24, 2.45) is 5.10 Å². The average Bonchev–Trinajstić information content (AvgIpc) is 3.10. The molecule has 1 aliphatic heterocycles. The molecule has 2 aromatic rings. The minimum absolute atomic E-state index is 0.166. The summed E-state index contributed by atoms with van der Waals surface area (Å²) >= 11 is 0. The lowest BCUT2D eigenvalue weighted by Gasteiger charge is -2.12. The molecule has 0 radical (unpaired) electrons. The smallest absolute Gasteiger partial charge is 0.435 e. The van der Waals surface area contributed by atoms with Crippen molar-refractivity contribution in [2.75, 3.05) is 25.3 Å². The number of carbonyl (C=O) groups excluding carboxylic acids is 2. The van der Waals surface area contributed by atoms with Crippen LogP contribution in [0, 0.1) is 0 Å². The van der Waals surface area contributed by atoms with E-state index >= 15 is 0 Å². The maximum absolute atomic E-state index is 13.6. The maximum Gasteiger partial charge on any atom is 0.435 e. The first-order valence-electron chi connectivity index (χ1n) is 9.48. The number of anilines is 1. The lowest BCUT2D eigenvalue weighted by Crippen LogP contribution is -2.25. The van der Waals surface area contributed by atoms with E-state index in [4.69, 9.17) is 14.2 Å². The van der Waals surface area contributed by atoms with Gasteiger partial charge in [0, 0.05) is 0 Å². The second kappa shape index (κ2) is 9.54. The van der Waals surface area contributed by atoms with Crippen molar-refractivity contribution in [3.63, 3.8) is 0 Å². The van der Waals surface area contributed by atoms with Crippen LogP contribution in [-0.4, -0.2) is 44.1 Å². The van der Waals surface area contributed by atoms with Crippen LogP contribution >= 0.6 is 0 Å². The third-order valence-corrected chi connectivity index (χ3v) is 4.30. The Kier molecular flexibility index (Phi) is 6.82. The fraction of sp³-hybridized carbons (Fsp3) is 0.227. The summed E-state index contributed by atoms with van der Waals surface area (Å²) in [6.45, 7) is 1.49. The van der Waals surface area contributed by atoms with Crippen LogP contribution in [0.4, 0.5) is 18.9 Å². The molecule has 2 aromatic carbocycles. The van der Waals surface area contributed by atoms with Gasteiger partial charge in [0.2, 0.25) is 0 Å². The van der Waals surface area contributed by atoms with Crippen molar-refractivity contribution in [2.45, 2.75) is 13.1 Å². The van der Waals surface area contributed by atoms with Gasteiger partial charge in [0.15, 0.2) is 23.8 Å². The summed E-state index contributed by atoms with van der Waals surface area (Å²) in [6.07, 6.45) is -3.76. The van der Waals surface area contributed by atoms with Crippen molar-refractivity contribution in [1.29, 1.82) is 0 Å². The number of esters is 1. The van der Waals surface area contributed by atoms with Crippen LogP contribution in [0.25, 0.3) is 6.08 Å². The van der Waals surface area contributed by atoms with E-state index in [1.807, 2.05) is 0 Å². The molecular formula is C22H19F3N2O5. The topological polar surface area (TPSA) is 77.4 Å². The van der Waals surface area contributed by atoms with Gasteiger partial charge in [0.05, 0.1) is 25.0 Å². The third-order valence-electron chi connectivity index (χ3n) is 4.30. The molecule has 0 aromatic heterocycles. The molecule has 0 aliphatic carbocycles. The molecule has 1 aliphatic rings. The van der Waals surface area contributed by atoms with Gasteiger partial charge in [-0.15, -0.1) is 0 Å². The largest absolute Gasteiger partial charge is 0.493 e. The summed E-state index contributed by atoms with van der Waals surface area (Å²) in [5, 5.41) is 4.23. The number of amides is 1. The summed E-state index contributed by atoms with van der Waals surface area (Å²) in [6, 6.07) is 12.1. The fourth-order valence-electron chi connectivity index (χ4n) is 2.90. The SMILES string of the molecule is CCOC(=O)COc1ccc(/C=C2\C(=O)N(c3ccccc3)N=C2C(F)(F)F)cc1OC. The zero-order chi connectivity index (χ0) is 23.3. The molecule has 32 heavy (non-hydrogen) atoms. The van der Waals surface area contributed by atoms with Crippen molar-refractivity contribution < 1.29 is 37.0 Å². The monoisotopic (exact) mass is 448 g/mol. The Balaban J connectivity index is 1.92. The van der Waals surface area contributed by atoms with Crippen LogP contribution in [0.5, 0.6) is 11.5 Å². The first-order valence-corrected chi connectivity index (χ1v) is 9.48. The van der Waals surface area contributed by atoms with Crippen LogP contribution < -0.4 is 14.5 Å². The number of ether oxygens (including phenoxy) is 3. The van der Waals surface area contributed by atoms with E-state index in [1.165, 1.54) is 37.4 Å². The molecular weight excluding hydrogens is 429 g/mol. The van der Waals surface area contributed by atoms with Gasteiger partial charge in [0.25, 0.3) is 5.91 Å².